The van der Waals surface area contributed by atoms with Crippen LogP contribution in [-0.4, -0.2) is 30.2 Å². The average Bonchev–Trinajstić information content (AvgIpc) is 2.46. The van der Waals surface area contributed by atoms with E-state index in [1.807, 2.05) is 30.3 Å². The predicted octanol–water partition coefficient (Wildman–Crippen LogP) is 1.68. The van der Waals surface area contributed by atoms with Gasteiger partial charge in [-0.25, -0.2) is 10.7 Å². The van der Waals surface area contributed by atoms with Crippen LogP contribution in [0.3, 0.4) is 0 Å². The smallest absolute Gasteiger partial charge is 0.410 e. The van der Waals surface area contributed by atoms with Crippen molar-refractivity contribution in [3.05, 3.63) is 35.9 Å². The summed E-state index contributed by atoms with van der Waals surface area (Å²) >= 11 is 0. The molecule has 5 heteroatoms. The highest BCUT2D eigenvalue weighted by atomic mass is 16.6. The molecule has 0 aliphatic carbocycles. The number of piperidine rings is 1. The van der Waals surface area contributed by atoms with Crippen molar-refractivity contribution < 1.29 is 14.4 Å². The van der Waals surface area contributed by atoms with Crippen LogP contribution in [0.2, 0.25) is 0 Å². The Morgan fingerprint density at radius 3 is 2.89 bits per heavy atom. The number of hydrogen-bond donors (Lipinski definition) is 1. The number of likely N-dealkylation sites (tertiary alicyclic amines) is 1. The minimum absolute atomic E-state index is 0.0805. The van der Waals surface area contributed by atoms with E-state index in [9.17, 15) is 4.79 Å². The fourth-order valence-electron chi connectivity index (χ4n) is 2.03. The third-order valence-corrected chi connectivity index (χ3v) is 3.03. The van der Waals surface area contributed by atoms with E-state index < -0.39 is 0 Å². The normalized spacial score (nSPS) is 19.6. The Hall–Kier alpha value is -1.59. The van der Waals surface area contributed by atoms with E-state index in [1.165, 1.54) is 0 Å². The van der Waals surface area contributed by atoms with Crippen LogP contribution in [0.15, 0.2) is 30.3 Å². The summed E-state index contributed by atoms with van der Waals surface area (Å²) in [6, 6.07) is 9.62. The highest BCUT2D eigenvalue weighted by Crippen LogP contribution is 2.13. The lowest BCUT2D eigenvalue weighted by Crippen LogP contribution is -2.44. The zero-order valence-electron chi connectivity index (χ0n) is 10.2. The largest absolute Gasteiger partial charge is 0.445 e. The first-order valence-electron chi connectivity index (χ1n) is 6.11. The van der Waals surface area contributed by atoms with E-state index in [2.05, 4.69) is 0 Å². The zero-order valence-corrected chi connectivity index (χ0v) is 10.2. The van der Waals surface area contributed by atoms with Crippen LogP contribution in [0.25, 0.3) is 0 Å². The standard InChI is InChI=1S/C13H18N2O3/c14-18-12-7-4-8-15(9-12)13(16)17-10-11-5-2-1-3-6-11/h1-3,5-6,12H,4,7-10,14H2/t12-/m1/s1. The van der Waals surface area contributed by atoms with Gasteiger partial charge in [0.15, 0.2) is 0 Å². The van der Waals surface area contributed by atoms with E-state index in [0.717, 1.165) is 18.4 Å². The highest BCUT2D eigenvalue weighted by Gasteiger charge is 2.24. The molecule has 0 unspecified atom stereocenters. The Morgan fingerprint density at radius 2 is 2.17 bits per heavy atom. The van der Waals surface area contributed by atoms with Gasteiger partial charge in [-0.05, 0) is 18.4 Å². The van der Waals surface area contributed by atoms with Gasteiger partial charge in [0.2, 0.25) is 0 Å². The second kappa shape index (κ2) is 6.37. The summed E-state index contributed by atoms with van der Waals surface area (Å²) in [5.41, 5.74) is 0.981. The molecular formula is C13H18N2O3. The molecule has 1 saturated heterocycles. The van der Waals surface area contributed by atoms with Gasteiger partial charge in [-0.2, -0.15) is 0 Å². The van der Waals surface area contributed by atoms with Gasteiger partial charge in [0.25, 0.3) is 0 Å². The number of amides is 1. The molecule has 0 spiro atoms. The van der Waals surface area contributed by atoms with Crippen molar-refractivity contribution in [3.8, 4) is 0 Å². The zero-order chi connectivity index (χ0) is 12.8. The number of rotatable bonds is 3. The quantitative estimate of drug-likeness (QED) is 0.829. The summed E-state index contributed by atoms with van der Waals surface area (Å²) in [5, 5.41) is 0. The van der Waals surface area contributed by atoms with Gasteiger partial charge in [-0.15, -0.1) is 0 Å². The van der Waals surface area contributed by atoms with Gasteiger partial charge in [0.1, 0.15) is 6.61 Å². The molecule has 18 heavy (non-hydrogen) atoms. The maximum absolute atomic E-state index is 11.8. The first-order chi connectivity index (χ1) is 8.79. The van der Waals surface area contributed by atoms with Gasteiger partial charge < -0.3 is 9.64 Å². The SMILES string of the molecule is NO[C@@H]1CCCN(C(=O)OCc2ccccc2)C1. The second-order valence-corrected chi connectivity index (χ2v) is 4.39. The molecule has 0 bridgehead atoms. The summed E-state index contributed by atoms with van der Waals surface area (Å²) in [5.74, 6) is 5.15. The van der Waals surface area contributed by atoms with Gasteiger partial charge in [0.05, 0.1) is 12.6 Å². The van der Waals surface area contributed by atoms with E-state index in [1.54, 1.807) is 4.90 Å². The Kier molecular flexibility index (Phi) is 4.55. The topological polar surface area (TPSA) is 64.8 Å². The van der Waals surface area contributed by atoms with Crippen LogP contribution in [-0.2, 0) is 16.2 Å². The molecule has 2 rings (SSSR count). The van der Waals surface area contributed by atoms with Gasteiger partial charge in [0, 0.05) is 6.54 Å². The first kappa shape index (κ1) is 12.9. The van der Waals surface area contributed by atoms with E-state index in [0.29, 0.717) is 19.7 Å². The molecule has 0 saturated carbocycles. The number of carbonyl (C=O) groups excluding carboxylic acids is 1. The molecule has 1 aliphatic rings. The van der Waals surface area contributed by atoms with E-state index >= 15 is 0 Å². The number of nitrogens with two attached hydrogens (primary N) is 1. The maximum atomic E-state index is 11.8. The van der Waals surface area contributed by atoms with Crippen molar-refractivity contribution in [3.63, 3.8) is 0 Å². The van der Waals surface area contributed by atoms with Crippen LogP contribution < -0.4 is 5.90 Å². The Balaban J connectivity index is 1.81. The molecule has 1 atom stereocenters. The molecule has 1 amide bonds. The molecule has 5 nitrogen and oxygen atoms in total. The molecule has 1 fully saturated rings. The number of hydrogen-bond acceptors (Lipinski definition) is 4. The molecule has 1 heterocycles. The maximum Gasteiger partial charge on any atom is 0.410 e. The van der Waals surface area contributed by atoms with Gasteiger partial charge >= 0.3 is 6.09 Å². The third kappa shape index (κ3) is 3.45. The molecule has 1 aromatic rings. The average molecular weight is 250 g/mol. The third-order valence-electron chi connectivity index (χ3n) is 3.03. The van der Waals surface area contributed by atoms with Crippen molar-refractivity contribution in [2.45, 2.75) is 25.6 Å². The number of ether oxygens (including phenoxy) is 1. The lowest BCUT2D eigenvalue weighted by atomic mass is 10.1. The monoisotopic (exact) mass is 250 g/mol. The van der Waals surface area contributed by atoms with Crippen LogP contribution in [0.1, 0.15) is 18.4 Å². The summed E-state index contributed by atoms with van der Waals surface area (Å²) in [6.45, 7) is 1.50. The van der Waals surface area contributed by atoms with Gasteiger partial charge in [-0.3, -0.25) is 4.84 Å². The fraction of sp³-hybridized carbons (Fsp3) is 0.462. The number of carbonyl (C=O) groups is 1. The van der Waals surface area contributed by atoms with Crippen LogP contribution in [0, 0.1) is 0 Å². The molecule has 1 aromatic carbocycles. The Bertz CT molecular complexity index is 383. The number of benzene rings is 1. The molecule has 0 aromatic heterocycles. The highest BCUT2D eigenvalue weighted by molar-refractivity contribution is 5.67. The van der Waals surface area contributed by atoms with Gasteiger partial charge in [-0.1, -0.05) is 30.3 Å². The van der Waals surface area contributed by atoms with Crippen LogP contribution in [0.5, 0.6) is 0 Å². The Morgan fingerprint density at radius 1 is 1.39 bits per heavy atom. The molecular weight excluding hydrogens is 232 g/mol. The van der Waals surface area contributed by atoms with Crippen molar-refractivity contribution in [2.24, 2.45) is 5.90 Å². The molecule has 1 aliphatic heterocycles. The van der Waals surface area contributed by atoms with E-state index in [-0.39, 0.29) is 12.2 Å². The first-order valence-corrected chi connectivity index (χ1v) is 6.11. The minimum atomic E-state index is -0.305. The predicted molar refractivity (Wildman–Crippen MR) is 66.5 cm³/mol. The minimum Gasteiger partial charge on any atom is -0.445 e. The molecule has 0 radical (unpaired) electrons. The Labute approximate surface area is 106 Å². The summed E-state index contributed by atoms with van der Waals surface area (Å²) < 4.78 is 5.25. The van der Waals surface area contributed by atoms with E-state index in [4.69, 9.17) is 15.5 Å². The lowest BCUT2D eigenvalue weighted by Gasteiger charge is -2.30. The van der Waals surface area contributed by atoms with Crippen LogP contribution in [0.4, 0.5) is 4.79 Å². The van der Waals surface area contributed by atoms with Crippen LogP contribution >= 0.6 is 0 Å². The summed E-state index contributed by atoms with van der Waals surface area (Å²) in [4.78, 5) is 18.3. The second-order valence-electron chi connectivity index (χ2n) is 4.39. The molecule has 98 valence electrons. The van der Waals surface area contributed by atoms with Crippen molar-refractivity contribution in [2.75, 3.05) is 13.1 Å². The summed E-state index contributed by atoms with van der Waals surface area (Å²) in [6.07, 6.45) is 1.39. The fourth-order valence-corrected chi connectivity index (χ4v) is 2.03. The van der Waals surface area contributed by atoms with Crippen molar-refractivity contribution in [1.29, 1.82) is 0 Å². The lowest BCUT2D eigenvalue weighted by molar-refractivity contribution is -0.00414. The summed E-state index contributed by atoms with van der Waals surface area (Å²) in [7, 11) is 0. The molecule has 2 N–H and O–H groups in total. The van der Waals surface area contributed by atoms with Crippen molar-refractivity contribution >= 4 is 6.09 Å². The number of nitrogens with zero attached hydrogens (tertiary/aromatic N) is 1. The van der Waals surface area contributed by atoms with Crippen molar-refractivity contribution in [1.82, 2.24) is 4.90 Å².